The van der Waals surface area contributed by atoms with Crippen LogP contribution in [0.15, 0.2) is 12.2 Å². The standard InChI is InChI=1S/C14H19N3O6/c15-10(18)5-6-14(22)17(23)13(21)4-2-1-3-9-16-11(19)7-8-12(16)20/h7-8,23H,1-6,9H2,(H2,15,18). The Labute approximate surface area is 132 Å². The fourth-order valence-electron chi connectivity index (χ4n) is 1.96. The van der Waals surface area contributed by atoms with Crippen LogP contribution in [0.2, 0.25) is 0 Å². The molecule has 3 N–H and O–H groups in total. The largest absolute Gasteiger partial charge is 0.370 e. The summed E-state index contributed by atoms with van der Waals surface area (Å²) in [4.78, 5) is 57.1. The van der Waals surface area contributed by atoms with Crippen LogP contribution in [-0.4, -0.2) is 51.3 Å². The molecule has 0 spiro atoms. The van der Waals surface area contributed by atoms with Crippen molar-refractivity contribution in [3.8, 4) is 0 Å². The second-order valence-electron chi connectivity index (χ2n) is 5.04. The topological polar surface area (TPSA) is 138 Å². The van der Waals surface area contributed by atoms with Crippen molar-refractivity contribution in [1.82, 2.24) is 9.96 Å². The third kappa shape index (κ3) is 5.99. The lowest BCUT2D eigenvalue weighted by molar-refractivity contribution is -0.179. The van der Waals surface area contributed by atoms with Crippen molar-refractivity contribution in [3.05, 3.63) is 12.2 Å². The maximum Gasteiger partial charge on any atom is 0.253 e. The third-order valence-electron chi connectivity index (χ3n) is 3.23. The number of hydrogen-bond donors (Lipinski definition) is 2. The van der Waals surface area contributed by atoms with Gasteiger partial charge in [-0.25, -0.2) is 0 Å². The van der Waals surface area contributed by atoms with E-state index in [1.54, 1.807) is 0 Å². The highest BCUT2D eigenvalue weighted by molar-refractivity contribution is 6.12. The molecule has 0 radical (unpaired) electrons. The van der Waals surface area contributed by atoms with Gasteiger partial charge in [0.2, 0.25) is 5.91 Å². The van der Waals surface area contributed by atoms with E-state index in [-0.39, 0.29) is 42.7 Å². The van der Waals surface area contributed by atoms with E-state index in [0.717, 1.165) is 4.90 Å². The van der Waals surface area contributed by atoms with Crippen molar-refractivity contribution in [2.24, 2.45) is 5.73 Å². The number of hydrogen-bond acceptors (Lipinski definition) is 6. The second kappa shape index (κ2) is 8.79. The highest BCUT2D eigenvalue weighted by Crippen LogP contribution is 2.09. The maximum absolute atomic E-state index is 11.6. The molecule has 0 bridgehead atoms. The number of nitrogens with zero attached hydrogens (tertiary/aromatic N) is 2. The predicted octanol–water partition coefficient (Wildman–Crippen LogP) is -0.518. The molecule has 1 aliphatic heterocycles. The van der Waals surface area contributed by atoms with Crippen LogP contribution in [0.1, 0.15) is 38.5 Å². The molecule has 0 atom stereocenters. The molecule has 0 aromatic heterocycles. The average Bonchev–Trinajstić information content (AvgIpc) is 2.82. The molecule has 0 aliphatic carbocycles. The van der Waals surface area contributed by atoms with Crippen LogP contribution >= 0.6 is 0 Å². The van der Waals surface area contributed by atoms with Crippen molar-refractivity contribution >= 4 is 29.5 Å². The Morgan fingerprint density at radius 3 is 2.09 bits per heavy atom. The van der Waals surface area contributed by atoms with Gasteiger partial charge in [0.05, 0.1) is 0 Å². The molecule has 1 rings (SSSR count). The summed E-state index contributed by atoms with van der Waals surface area (Å²) in [6.45, 7) is 0.263. The Bertz CT molecular complexity index is 525. The molecular weight excluding hydrogens is 306 g/mol. The minimum absolute atomic E-state index is 0.000379. The van der Waals surface area contributed by atoms with E-state index in [4.69, 9.17) is 5.73 Å². The van der Waals surface area contributed by atoms with Gasteiger partial charge in [0.15, 0.2) is 0 Å². The first-order valence-electron chi connectivity index (χ1n) is 7.19. The summed E-state index contributed by atoms with van der Waals surface area (Å²) >= 11 is 0. The van der Waals surface area contributed by atoms with Crippen LogP contribution < -0.4 is 5.73 Å². The monoisotopic (exact) mass is 325 g/mol. The van der Waals surface area contributed by atoms with Gasteiger partial charge in [0, 0.05) is 38.0 Å². The third-order valence-corrected chi connectivity index (χ3v) is 3.23. The molecule has 23 heavy (non-hydrogen) atoms. The van der Waals surface area contributed by atoms with E-state index in [9.17, 15) is 29.2 Å². The van der Waals surface area contributed by atoms with Crippen molar-refractivity contribution in [2.45, 2.75) is 38.5 Å². The van der Waals surface area contributed by atoms with Gasteiger partial charge in [-0.1, -0.05) is 6.42 Å². The smallest absolute Gasteiger partial charge is 0.253 e. The molecule has 5 amide bonds. The molecule has 1 aliphatic rings. The molecule has 9 nitrogen and oxygen atoms in total. The number of hydroxylamine groups is 2. The van der Waals surface area contributed by atoms with Crippen LogP contribution in [0, 0.1) is 0 Å². The van der Waals surface area contributed by atoms with E-state index in [1.807, 2.05) is 0 Å². The van der Waals surface area contributed by atoms with Crippen molar-refractivity contribution in [3.63, 3.8) is 0 Å². The van der Waals surface area contributed by atoms with E-state index < -0.39 is 17.7 Å². The number of primary amides is 1. The molecule has 0 unspecified atom stereocenters. The Morgan fingerprint density at radius 1 is 0.957 bits per heavy atom. The van der Waals surface area contributed by atoms with Crippen molar-refractivity contribution < 1.29 is 29.2 Å². The highest BCUT2D eigenvalue weighted by Gasteiger charge is 2.22. The summed E-state index contributed by atoms with van der Waals surface area (Å²) in [6.07, 6.45) is 3.24. The fourth-order valence-corrected chi connectivity index (χ4v) is 1.96. The van der Waals surface area contributed by atoms with Gasteiger partial charge >= 0.3 is 0 Å². The summed E-state index contributed by atoms with van der Waals surface area (Å²) in [5, 5.41) is 9.37. The van der Waals surface area contributed by atoms with Gasteiger partial charge < -0.3 is 5.73 Å². The van der Waals surface area contributed by atoms with Gasteiger partial charge in [0.1, 0.15) is 0 Å². The zero-order valence-electron chi connectivity index (χ0n) is 12.6. The van der Waals surface area contributed by atoms with Crippen LogP contribution in [-0.2, 0) is 24.0 Å². The van der Waals surface area contributed by atoms with Crippen LogP contribution in [0.25, 0.3) is 0 Å². The van der Waals surface area contributed by atoms with Gasteiger partial charge in [-0.2, -0.15) is 5.06 Å². The minimum Gasteiger partial charge on any atom is -0.370 e. The van der Waals surface area contributed by atoms with Gasteiger partial charge in [-0.3, -0.25) is 34.1 Å². The molecule has 0 aromatic carbocycles. The van der Waals surface area contributed by atoms with Gasteiger partial charge in [-0.15, -0.1) is 0 Å². The zero-order chi connectivity index (χ0) is 17.4. The number of amides is 5. The molecule has 0 fully saturated rings. The Morgan fingerprint density at radius 2 is 1.52 bits per heavy atom. The van der Waals surface area contributed by atoms with Gasteiger partial charge in [0.25, 0.3) is 23.6 Å². The molecule has 0 saturated heterocycles. The first-order valence-corrected chi connectivity index (χ1v) is 7.19. The van der Waals surface area contributed by atoms with Crippen LogP contribution in [0.3, 0.4) is 0 Å². The predicted molar refractivity (Wildman–Crippen MR) is 76.4 cm³/mol. The number of nitrogens with two attached hydrogens (primary N) is 1. The molecule has 9 heteroatoms. The van der Waals surface area contributed by atoms with Crippen LogP contribution in [0.5, 0.6) is 0 Å². The Balaban J connectivity index is 2.18. The number of rotatable bonds is 9. The Kier molecular flexibility index (Phi) is 7.07. The van der Waals surface area contributed by atoms with E-state index >= 15 is 0 Å². The van der Waals surface area contributed by atoms with Gasteiger partial charge in [-0.05, 0) is 12.8 Å². The second-order valence-corrected chi connectivity index (χ2v) is 5.04. The van der Waals surface area contributed by atoms with E-state index in [1.165, 1.54) is 12.2 Å². The fraction of sp³-hybridized carbons (Fsp3) is 0.500. The van der Waals surface area contributed by atoms with Crippen molar-refractivity contribution in [2.75, 3.05) is 6.54 Å². The zero-order valence-corrected chi connectivity index (χ0v) is 12.6. The molecule has 1 heterocycles. The summed E-state index contributed by atoms with van der Waals surface area (Å²) in [5.74, 6) is -3.05. The minimum atomic E-state index is -0.881. The lowest BCUT2D eigenvalue weighted by Crippen LogP contribution is -2.34. The number of carbonyl (C=O) groups excluding carboxylic acids is 5. The Hall–Kier alpha value is -2.55. The first kappa shape index (κ1) is 18.5. The van der Waals surface area contributed by atoms with Crippen molar-refractivity contribution in [1.29, 1.82) is 0 Å². The summed E-state index contributed by atoms with van der Waals surface area (Å²) < 4.78 is 0. The summed E-state index contributed by atoms with van der Waals surface area (Å²) in [6, 6.07) is 0. The maximum atomic E-state index is 11.6. The molecule has 0 aromatic rings. The quantitative estimate of drug-likeness (QED) is 0.253. The number of imide groups is 2. The molecule has 126 valence electrons. The van der Waals surface area contributed by atoms with E-state index in [0.29, 0.717) is 19.3 Å². The lowest BCUT2D eigenvalue weighted by Gasteiger charge is -2.14. The van der Waals surface area contributed by atoms with E-state index in [2.05, 4.69) is 0 Å². The number of carbonyl (C=O) groups is 5. The average molecular weight is 325 g/mol. The lowest BCUT2D eigenvalue weighted by atomic mass is 10.1. The first-order chi connectivity index (χ1) is 10.8. The summed E-state index contributed by atoms with van der Waals surface area (Å²) in [5.41, 5.74) is 4.87. The molecule has 0 saturated carbocycles. The molecular formula is C14H19N3O6. The highest BCUT2D eigenvalue weighted by atomic mass is 16.5. The number of unbranched alkanes of at least 4 members (excludes halogenated alkanes) is 2. The van der Waals surface area contributed by atoms with Crippen LogP contribution in [0.4, 0.5) is 0 Å². The SMILES string of the molecule is NC(=O)CCC(=O)N(O)C(=O)CCCCCN1C(=O)C=CC1=O. The normalized spacial score (nSPS) is 13.5. The summed E-state index contributed by atoms with van der Waals surface area (Å²) in [7, 11) is 0.